The molecule has 1 aromatic carbocycles. The zero-order valence-corrected chi connectivity index (χ0v) is 16.9. The number of nitrogens with zero attached hydrogens (tertiary/aromatic N) is 1. The van der Waals surface area contributed by atoms with Crippen molar-refractivity contribution in [1.29, 1.82) is 0 Å². The summed E-state index contributed by atoms with van der Waals surface area (Å²) in [6.07, 6.45) is -3.49. The Morgan fingerprint density at radius 1 is 1.18 bits per heavy atom. The van der Waals surface area contributed by atoms with Gasteiger partial charge in [-0.25, -0.2) is 4.79 Å². The van der Waals surface area contributed by atoms with E-state index >= 15 is 0 Å². The number of halogens is 4. The molecule has 28 heavy (non-hydrogen) atoms. The predicted octanol–water partition coefficient (Wildman–Crippen LogP) is 5.52. The van der Waals surface area contributed by atoms with Crippen LogP contribution in [0.4, 0.5) is 18.0 Å². The summed E-state index contributed by atoms with van der Waals surface area (Å²) in [5.41, 5.74) is -1.31. The van der Waals surface area contributed by atoms with Gasteiger partial charge in [-0.15, -0.1) is 0 Å². The van der Waals surface area contributed by atoms with Crippen LogP contribution in [0.2, 0.25) is 5.02 Å². The van der Waals surface area contributed by atoms with Crippen molar-refractivity contribution in [2.45, 2.75) is 58.1 Å². The lowest BCUT2D eigenvalue weighted by atomic mass is 10.0. The van der Waals surface area contributed by atoms with Crippen LogP contribution in [0.1, 0.15) is 44.7 Å². The van der Waals surface area contributed by atoms with E-state index in [9.17, 15) is 18.0 Å². The van der Waals surface area contributed by atoms with Gasteiger partial charge >= 0.3 is 12.3 Å². The number of likely N-dealkylation sites (tertiary alicyclic amines) is 1. The van der Waals surface area contributed by atoms with Gasteiger partial charge in [0.05, 0.1) is 23.3 Å². The number of amides is 1. The fourth-order valence-corrected chi connectivity index (χ4v) is 4.37. The molecule has 0 N–H and O–H groups in total. The SMILES string of the molecule is CC(C)(C)OC(=O)N1C[C@H]2C[C@H](OCc3cccc(Cl)c3C(F)(F)F)C[C@H]2C1. The molecule has 1 aliphatic heterocycles. The van der Waals surface area contributed by atoms with Gasteiger partial charge in [0.1, 0.15) is 5.60 Å². The molecular weight excluding hydrogens is 395 g/mol. The van der Waals surface area contributed by atoms with Crippen molar-refractivity contribution in [2.24, 2.45) is 11.8 Å². The highest BCUT2D eigenvalue weighted by atomic mass is 35.5. The van der Waals surface area contributed by atoms with Gasteiger partial charge in [-0.05, 0) is 57.1 Å². The molecule has 0 aromatic heterocycles. The molecule has 0 spiro atoms. The minimum absolute atomic E-state index is 0.0486. The third-order valence-electron chi connectivity index (χ3n) is 5.22. The molecule has 1 saturated heterocycles. The molecule has 1 saturated carbocycles. The van der Waals surface area contributed by atoms with Gasteiger partial charge in [-0.3, -0.25) is 0 Å². The Morgan fingerprint density at radius 3 is 2.32 bits per heavy atom. The average Bonchev–Trinajstić information content (AvgIpc) is 3.08. The molecule has 156 valence electrons. The van der Waals surface area contributed by atoms with E-state index in [1.807, 2.05) is 20.8 Å². The minimum atomic E-state index is -4.52. The highest BCUT2D eigenvalue weighted by Gasteiger charge is 2.44. The molecule has 4 nitrogen and oxygen atoms in total. The van der Waals surface area contributed by atoms with Crippen LogP contribution >= 0.6 is 11.6 Å². The molecule has 0 radical (unpaired) electrons. The second-order valence-corrected chi connectivity index (χ2v) is 8.99. The van der Waals surface area contributed by atoms with E-state index in [0.717, 1.165) is 12.8 Å². The van der Waals surface area contributed by atoms with Crippen molar-refractivity contribution >= 4 is 17.7 Å². The summed E-state index contributed by atoms with van der Waals surface area (Å²) >= 11 is 5.75. The first-order chi connectivity index (χ1) is 12.9. The van der Waals surface area contributed by atoms with Crippen molar-refractivity contribution in [3.05, 3.63) is 34.3 Å². The maximum Gasteiger partial charge on any atom is 0.418 e. The predicted molar refractivity (Wildman–Crippen MR) is 99.1 cm³/mol. The first kappa shape index (κ1) is 21.2. The highest BCUT2D eigenvalue weighted by Crippen LogP contribution is 2.41. The van der Waals surface area contributed by atoms with Crippen LogP contribution in [0.3, 0.4) is 0 Å². The van der Waals surface area contributed by atoms with Crippen molar-refractivity contribution in [3.63, 3.8) is 0 Å². The Balaban J connectivity index is 1.55. The topological polar surface area (TPSA) is 38.8 Å². The summed E-state index contributed by atoms with van der Waals surface area (Å²) in [5.74, 6) is 0.581. The van der Waals surface area contributed by atoms with E-state index in [-0.39, 0.29) is 29.4 Å². The number of benzene rings is 1. The summed E-state index contributed by atoms with van der Waals surface area (Å²) in [5, 5.41) is -0.315. The Kier molecular flexibility index (Phi) is 5.88. The molecule has 3 rings (SSSR count). The van der Waals surface area contributed by atoms with Gasteiger partial charge in [-0.1, -0.05) is 23.7 Å². The van der Waals surface area contributed by atoms with E-state index in [1.54, 1.807) is 4.90 Å². The number of rotatable bonds is 3. The maximum absolute atomic E-state index is 13.2. The average molecular weight is 420 g/mol. The smallest absolute Gasteiger partial charge is 0.418 e. The van der Waals surface area contributed by atoms with Gasteiger partial charge in [0.25, 0.3) is 0 Å². The van der Waals surface area contributed by atoms with Crippen LogP contribution in [-0.2, 0) is 22.3 Å². The molecule has 8 heteroatoms. The number of hydrogen-bond acceptors (Lipinski definition) is 3. The van der Waals surface area contributed by atoms with Gasteiger partial charge in [0, 0.05) is 13.1 Å². The van der Waals surface area contributed by atoms with Crippen molar-refractivity contribution in [1.82, 2.24) is 4.90 Å². The zero-order valence-electron chi connectivity index (χ0n) is 16.2. The van der Waals surface area contributed by atoms with Crippen LogP contribution in [-0.4, -0.2) is 35.8 Å². The maximum atomic E-state index is 13.2. The normalized spacial score (nSPS) is 25.1. The Morgan fingerprint density at radius 2 is 1.79 bits per heavy atom. The lowest BCUT2D eigenvalue weighted by molar-refractivity contribution is -0.139. The number of hydrogen-bond donors (Lipinski definition) is 0. The lowest BCUT2D eigenvalue weighted by Gasteiger charge is -2.25. The lowest BCUT2D eigenvalue weighted by Crippen LogP contribution is -2.36. The fraction of sp³-hybridized carbons (Fsp3) is 0.650. The summed E-state index contributed by atoms with van der Waals surface area (Å²) in [6.45, 7) is 6.56. The second kappa shape index (κ2) is 7.75. The van der Waals surface area contributed by atoms with Crippen molar-refractivity contribution in [2.75, 3.05) is 13.1 Å². The molecule has 0 unspecified atom stereocenters. The molecule has 1 aromatic rings. The molecule has 2 fully saturated rings. The van der Waals surface area contributed by atoms with Crippen LogP contribution in [0.15, 0.2) is 18.2 Å². The van der Waals surface area contributed by atoms with Crippen LogP contribution in [0.5, 0.6) is 0 Å². The Labute approximate surface area is 167 Å². The van der Waals surface area contributed by atoms with Crippen LogP contribution in [0.25, 0.3) is 0 Å². The number of alkyl halides is 3. The van der Waals surface area contributed by atoms with E-state index in [0.29, 0.717) is 24.9 Å². The highest BCUT2D eigenvalue weighted by molar-refractivity contribution is 6.31. The van der Waals surface area contributed by atoms with Crippen LogP contribution < -0.4 is 0 Å². The summed E-state index contributed by atoms with van der Waals surface area (Å²) in [4.78, 5) is 13.9. The van der Waals surface area contributed by atoms with Gasteiger partial charge in [0.2, 0.25) is 0 Å². The molecular formula is C20H25ClF3NO3. The summed E-state index contributed by atoms with van der Waals surface area (Å²) < 4.78 is 50.9. The minimum Gasteiger partial charge on any atom is -0.444 e. The molecule has 2 aliphatic rings. The molecule has 1 heterocycles. The Hall–Kier alpha value is -1.47. The van der Waals surface area contributed by atoms with Crippen molar-refractivity contribution in [3.8, 4) is 0 Å². The second-order valence-electron chi connectivity index (χ2n) is 8.58. The standard InChI is InChI=1S/C20H25ClF3NO3/c1-19(2,3)28-18(26)25-9-13-7-15(8-14(13)10-25)27-11-12-5-4-6-16(21)17(12)20(22,23)24/h4-6,13-15H,7-11H2,1-3H3/t13-,14+,15+. The molecule has 1 amide bonds. The van der Waals surface area contributed by atoms with Gasteiger partial charge < -0.3 is 14.4 Å². The summed E-state index contributed by atoms with van der Waals surface area (Å²) in [7, 11) is 0. The number of fused-ring (bicyclic) bond motifs is 1. The molecule has 3 atom stereocenters. The third-order valence-corrected chi connectivity index (χ3v) is 5.53. The molecule has 1 aliphatic carbocycles. The number of carbonyl (C=O) groups excluding carboxylic acids is 1. The number of ether oxygens (including phenoxy) is 2. The van der Waals surface area contributed by atoms with E-state index in [2.05, 4.69) is 0 Å². The van der Waals surface area contributed by atoms with Gasteiger partial charge in [0.15, 0.2) is 0 Å². The van der Waals surface area contributed by atoms with Crippen LogP contribution in [0, 0.1) is 11.8 Å². The first-order valence-corrected chi connectivity index (χ1v) is 9.76. The van der Waals surface area contributed by atoms with Crippen molar-refractivity contribution < 1.29 is 27.4 Å². The monoisotopic (exact) mass is 419 g/mol. The largest absolute Gasteiger partial charge is 0.444 e. The first-order valence-electron chi connectivity index (χ1n) is 9.38. The van der Waals surface area contributed by atoms with E-state index in [4.69, 9.17) is 21.1 Å². The third kappa shape index (κ3) is 4.92. The summed E-state index contributed by atoms with van der Waals surface area (Å²) in [6, 6.07) is 4.13. The number of carbonyl (C=O) groups is 1. The fourth-order valence-electron chi connectivity index (χ4n) is 4.07. The Bertz CT molecular complexity index is 718. The van der Waals surface area contributed by atoms with Gasteiger partial charge in [-0.2, -0.15) is 13.2 Å². The van der Waals surface area contributed by atoms with E-state index < -0.39 is 17.3 Å². The quantitative estimate of drug-likeness (QED) is 0.647. The molecule has 0 bridgehead atoms. The van der Waals surface area contributed by atoms with E-state index in [1.165, 1.54) is 18.2 Å². The zero-order chi connectivity index (χ0) is 20.7.